The zero-order chi connectivity index (χ0) is 16.6. The first-order chi connectivity index (χ1) is 11.8. The van der Waals surface area contributed by atoms with E-state index in [1.807, 2.05) is 30.3 Å². The van der Waals surface area contributed by atoms with Gasteiger partial charge < -0.3 is 10.1 Å². The molecule has 0 bridgehead atoms. The van der Waals surface area contributed by atoms with Crippen molar-refractivity contribution < 1.29 is 9.53 Å². The van der Waals surface area contributed by atoms with Crippen molar-refractivity contribution in [1.82, 2.24) is 5.32 Å². The number of nitrogens with one attached hydrogen (secondary N) is 1. The number of thiophene rings is 1. The first kappa shape index (κ1) is 16.9. The second kappa shape index (κ2) is 8.81. The molecule has 0 saturated heterocycles. The third kappa shape index (κ3) is 5.62. The van der Waals surface area contributed by atoms with Crippen molar-refractivity contribution in [3.05, 3.63) is 53.4 Å². The van der Waals surface area contributed by atoms with Gasteiger partial charge >= 0.3 is 0 Å². The highest BCUT2D eigenvalue weighted by molar-refractivity contribution is 7.16. The molecule has 1 heterocycles. The van der Waals surface area contributed by atoms with E-state index >= 15 is 0 Å². The predicted molar refractivity (Wildman–Crippen MR) is 100.0 cm³/mol. The van der Waals surface area contributed by atoms with Gasteiger partial charge in [-0.05, 0) is 49.0 Å². The summed E-state index contributed by atoms with van der Waals surface area (Å²) in [7, 11) is 0. The smallest absolute Gasteiger partial charge is 0.244 e. The van der Waals surface area contributed by atoms with E-state index < -0.39 is 0 Å². The monoisotopic (exact) mass is 341 g/mol. The molecule has 1 aromatic heterocycles. The molecule has 1 fully saturated rings. The molecule has 0 atom stereocenters. The van der Waals surface area contributed by atoms with E-state index in [1.165, 1.54) is 23.3 Å². The van der Waals surface area contributed by atoms with Gasteiger partial charge in [-0.1, -0.05) is 30.3 Å². The summed E-state index contributed by atoms with van der Waals surface area (Å²) in [5, 5.41) is 2.89. The highest BCUT2D eigenvalue weighted by Gasteiger charge is 2.20. The summed E-state index contributed by atoms with van der Waals surface area (Å²) in [6, 6.07) is 14.4. The number of carbonyl (C=O) groups is 1. The highest BCUT2D eigenvalue weighted by Crippen LogP contribution is 2.29. The van der Waals surface area contributed by atoms with Crippen LogP contribution in [0.1, 0.15) is 24.1 Å². The van der Waals surface area contributed by atoms with Crippen LogP contribution < -0.4 is 5.32 Å². The fourth-order valence-electron chi connectivity index (χ4n) is 2.34. The number of hydrogen-bond acceptors (Lipinski definition) is 3. The molecule has 4 heteroatoms. The van der Waals surface area contributed by atoms with Crippen molar-refractivity contribution in [1.29, 1.82) is 0 Å². The van der Waals surface area contributed by atoms with Crippen LogP contribution in [0.25, 0.3) is 16.5 Å². The number of rotatable bonds is 9. The number of benzene rings is 1. The lowest BCUT2D eigenvalue weighted by Gasteiger charge is -2.03. The topological polar surface area (TPSA) is 38.3 Å². The predicted octanol–water partition coefficient (Wildman–Crippen LogP) is 4.36. The fourth-order valence-corrected chi connectivity index (χ4v) is 3.25. The van der Waals surface area contributed by atoms with Crippen LogP contribution in [-0.4, -0.2) is 25.7 Å². The van der Waals surface area contributed by atoms with Crippen molar-refractivity contribution >= 4 is 23.3 Å². The molecule has 1 amide bonds. The molecular formula is C20H23NO2S. The zero-order valence-electron chi connectivity index (χ0n) is 13.7. The summed E-state index contributed by atoms with van der Waals surface area (Å²) in [5.74, 6) is 0.751. The summed E-state index contributed by atoms with van der Waals surface area (Å²) in [6.07, 6.45) is 6.97. The minimum Gasteiger partial charge on any atom is -0.381 e. The summed E-state index contributed by atoms with van der Waals surface area (Å²) in [4.78, 5) is 14.1. The van der Waals surface area contributed by atoms with Gasteiger partial charge in [0.15, 0.2) is 0 Å². The maximum Gasteiger partial charge on any atom is 0.244 e. The van der Waals surface area contributed by atoms with Gasteiger partial charge in [-0.25, -0.2) is 0 Å². The van der Waals surface area contributed by atoms with Gasteiger partial charge in [0.2, 0.25) is 5.91 Å². The Labute approximate surface area is 147 Å². The van der Waals surface area contributed by atoms with Crippen LogP contribution in [0, 0.1) is 5.92 Å². The molecule has 0 unspecified atom stereocenters. The molecule has 1 aromatic carbocycles. The van der Waals surface area contributed by atoms with Gasteiger partial charge in [-0.15, -0.1) is 11.3 Å². The van der Waals surface area contributed by atoms with Gasteiger partial charge in [0.05, 0.1) is 0 Å². The number of hydrogen-bond donors (Lipinski definition) is 1. The molecule has 126 valence electrons. The molecule has 24 heavy (non-hydrogen) atoms. The van der Waals surface area contributed by atoms with Gasteiger partial charge in [0.1, 0.15) is 0 Å². The maximum absolute atomic E-state index is 11.8. The third-order valence-electron chi connectivity index (χ3n) is 3.90. The van der Waals surface area contributed by atoms with E-state index in [2.05, 4.69) is 23.5 Å². The lowest BCUT2D eigenvalue weighted by molar-refractivity contribution is -0.116. The second-order valence-electron chi connectivity index (χ2n) is 6.06. The first-order valence-corrected chi connectivity index (χ1v) is 9.32. The largest absolute Gasteiger partial charge is 0.381 e. The molecule has 3 rings (SSSR count). The average molecular weight is 341 g/mol. The quantitative estimate of drug-likeness (QED) is 0.543. The summed E-state index contributed by atoms with van der Waals surface area (Å²) < 4.78 is 5.55. The Morgan fingerprint density at radius 1 is 1.21 bits per heavy atom. The van der Waals surface area contributed by atoms with Crippen molar-refractivity contribution in [2.45, 2.75) is 19.3 Å². The van der Waals surface area contributed by atoms with Gasteiger partial charge in [-0.3, -0.25) is 4.79 Å². The lowest BCUT2D eigenvalue weighted by Crippen LogP contribution is -2.23. The molecule has 1 saturated carbocycles. The molecule has 1 aliphatic carbocycles. The molecule has 1 N–H and O–H groups in total. The Hall–Kier alpha value is -1.91. The van der Waals surface area contributed by atoms with E-state index in [4.69, 9.17) is 4.74 Å². The van der Waals surface area contributed by atoms with Crippen LogP contribution in [0.2, 0.25) is 0 Å². The Bertz CT molecular complexity index is 674. The average Bonchev–Trinajstić information content (AvgIpc) is 3.32. The van der Waals surface area contributed by atoms with Crippen LogP contribution in [0.5, 0.6) is 0 Å². The maximum atomic E-state index is 11.8. The standard InChI is InChI=1S/C20H23NO2S/c22-20(21-13-4-14-23-15-16-7-8-16)12-10-18-9-11-19(24-18)17-5-2-1-3-6-17/h1-3,5-6,9-12,16H,4,7-8,13-15H2,(H,21,22)/b12-10+. The van der Waals surface area contributed by atoms with Crippen LogP contribution in [0.15, 0.2) is 48.5 Å². The van der Waals surface area contributed by atoms with Crippen molar-refractivity contribution in [3.8, 4) is 10.4 Å². The van der Waals surface area contributed by atoms with E-state index in [0.29, 0.717) is 6.54 Å². The fraction of sp³-hybridized carbons (Fsp3) is 0.350. The second-order valence-corrected chi connectivity index (χ2v) is 7.18. The molecular weight excluding hydrogens is 318 g/mol. The van der Waals surface area contributed by atoms with Crippen LogP contribution in [0.3, 0.4) is 0 Å². The van der Waals surface area contributed by atoms with E-state index in [0.717, 1.165) is 30.4 Å². The molecule has 2 aromatic rings. The third-order valence-corrected chi connectivity index (χ3v) is 5.00. The summed E-state index contributed by atoms with van der Waals surface area (Å²) in [5.41, 5.74) is 1.21. The molecule has 0 aliphatic heterocycles. The van der Waals surface area contributed by atoms with Gasteiger partial charge in [0.25, 0.3) is 0 Å². The van der Waals surface area contributed by atoms with Gasteiger partial charge in [-0.2, -0.15) is 0 Å². The number of carbonyl (C=O) groups excluding carboxylic acids is 1. The Morgan fingerprint density at radius 2 is 2.04 bits per heavy atom. The first-order valence-electron chi connectivity index (χ1n) is 8.50. The zero-order valence-corrected chi connectivity index (χ0v) is 14.6. The van der Waals surface area contributed by atoms with Gasteiger partial charge in [0, 0.05) is 35.6 Å². The Morgan fingerprint density at radius 3 is 2.83 bits per heavy atom. The van der Waals surface area contributed by atoms with Crippen LogP contribution >= 0.6 is 11.3 Å². The van der Waals surface area contributed by atoms with Crippen LogP contribution in [-0.2, 0) is 9.53 Å². The number of ether oxygens (including phenoxy) is 1. The minimum atomic E-state index is -0.0492. The molecule has 3 nitrogen and oxygen atoms in total. The Kier molecular flexibility index (Phi) is 6.21. The van der Waals surface area contributed by atoms with Crippen molar-refractivity contribution in [2.24, 2.45) is 5.92 Å². The van der Waals surface area contributed by atoms with Crippen molar-refractivity contribution in [3.63, 3.8) is 0 Å². The molecule has 0 radical (unpaired) electrons. The molecule has 0 spiro atoms. The van der Waals surface area contributed by atoms with E-state index in [-0.39, 0.29) is 5.91 Å². The van der Waals surface area contributed by atoms with Crippen molar-refractivity contribution in [2.75, 3.05) is 19.8 Å². The molecule has 1 aliphatic rings. The van der Waals surface area contributed by atoms with E-state index in [1.54, 1.807) is 17.4 Å². The SMILES string of the molecule is O=C(/C=C/c1ccc(-c2ccccc2)s1)NCCCOCC1CC1. The summed E-state index contributed by atoms with van der Waals surface area (Å²) >= 11 is 1.68. The Balaban J connectivity index is 1.37. The highest BCUT2D eigenvalue weighted by atomic mass is 32.1. The minimum absolute atomic E-state index is 0.0492. The van der Waals surface area contributed by atoms with Crippen LogP contribution in [0.4, 0.5) is 0 Å². The van der Waals surface area contributed by atoms with E-state index in [9.17, 15) is 4.79 Å². The summed E-state index contributed by atoms with van der Waals surface area (Å²) in [6.45, 7) is 2.27. The number of amides is 1. The normalized spacial score (nSPS) is 14.2. The lowest BCUT2D eigenvalue weighted by atomic mass is 10.2.